The van der Waals surface area contributed by atoms with Gasteiger partial charge in [-0.05, 0) is 0 Å². The summed E-state index contributed by atoms with van der Waals surface area (Å²) in [6.45, 7) is 8.27. The molecule has 2 nitrogen and oxygen atoms in total. The number of rotatable bonds is 5. The third-order valence-corrected chi connectivity index (χ3v) is 1.65. The van der Waals surface area contributed by atoms with Crippen molar-refractivity contribution >= 4 is 21.8 Å². The predicted molar refractivity (Wildman–Crippen MR) is 50.8 cm³/mol. The van der Waals surface area contributed by atoms with Crippen molar-refractivity contribution in [3.05, 3.63) is 25.3 Å². The van der Waals surface area contributed by atoms with E-state index >= 15 is 0 Å². The van der Waals surface area contributed by atoms with Crippen molar-refractivity contribution in [3.63, 3.8) is 0 Å². The van der Waals surface area contributed by atoms with Gasteiger partial charge in [-0.1, -0.05) is 28.1 Å². The molecule has 0 radical (unpaired) electrons. The van der Waals surface area contributed by atoms with Crippen LogP contribution in [0.4, 0.5) is 0 Å². The van der Waals surface area contributed by atoms with Crippen molar-refractivity contribution in [3.8, 4) is 0 Å². The Balaban J connectivity index is 3.95. The fraction of sp³-hybridized carbons (Fsp3) is 0.375. The second-order valence-corrected chi connectivity index (χ2v) is 2.57. The van der Waals surface area contributed by atoms with E-state index in [0.29, 0.717) is 18.4 Å². The first kappa shape index (κ1) is 10.4. The van der Waals surface area contributed by atoms with Crippen LogP contribution in [0.15, 0.2) is 25.3 Å². The number of alkyl halides is 1. The molecule has 0 spiro atoms. The zero-order valence-electron chi connectivity index (χ0n) is 6.42. The van der Waals surface area contributed by atoms with E-state index < -0.39 is 0 Å². The molecule has 0 aromatic carbocycles. The smallest absolute Gasteiger partial charge is 0.233 e. The van der Waals surface area contributed by atoms with Crippen LogP contribution in [0.25, 0.3) is 0 Å². The van der Waals surface area contributed by atoms with Crippen LogP contribution in [-0.4, -0.2) is 29.2 Å². The zero-order valence-corrected chi connectivity index (χ0v) is 8.01. The fourth-order valence-corrected chi connectivity index (χ4v) is 1.03. The zero-order chi connectivity index (χ0) is 8.69. The first-order valence-corrected chi connectivity index (χ1v) is 4.44. The number of carbonyl (C=O) groups excluding carboxylic acids is 1. The monoisotopic (exact) mass is 217 g/mol. The third-order valence-electron chi connectivity index (χ3n) is 1.17. The van der Waals surface area contributed by atoms with Gasteiger partial charge in [-0.3, -0.25) is 4.79 Å². The van der Waals surface area contributed by atoms with E-state index in [0.717, 1.165) is 0 Å². The molecule has 0 aliphatic heterocycles. The number of hydrogen-bond donors (Lipinski definition) is 0. The van der Waals surface area contributed by atoms with Gasteiger partial charge >= 0.3 is 0 Å². The first-order chi connectivity index (χ1) is 5.26. The maximum atomic E-state index is 11.1. The Kier molecular flexibility index (Phi) is 5.84. The molecule has 0 N–H and O–H groups in total. The van der Waals surface area contributed by atoms with E-state index in [-0.39, 0.29) is 5.91 Å². The van der Waals surface area contributed by atoms with E-state index in [4.69, 9.17) is 0 Å². The molecule has 0 aromatic heterocycles. The molecule has 0 atom stereocenters. The van der Waals surface area contributed by atoms with Crippen molar-refractivity contribution in [2.75, 3.05) is 18.4 Å². The third kappa shape index (κ3) is 3.98. The van der Waals surface area contributed by atoms with Gasteiger partial charge in [-0.2, -0.15) is 0 Å². The second kappa shape index (κ2) is 6.16. The van der Waals surface area contributed by atoms with E-state index in [2.05, 4.69) is 29.1 Å². The molecule has 0 fully saturated rings. The first-order valence-electron chi connectivity index (χ1n) is 3.31. The summed E-state index contributed by atoms with van der Waals surface area (Å²) < 4.78 is 0. The van der Waals surface area contributed by atoms with Gasteiger partial charge in [0.1, 0.15) is 0 Å². The van der Waals surface area contributed by atoms with E-state index in [1.165, 1.54) is 0 Å². The summed E-state index contributed by atoms with van der Waals surface area (Å²) in [5, 5.41) is 0.356. The lowest BCUT2D eigenvalue weighted by Crippen LogP contribution is -2.31. The van der Waals surface area contributed by atoms with Crippen LogP contribution in [0, 0.1) is 0 Å². The number of carbonyl (C=O) groups is 1. The van der Waals surface area contributed by atoms with E-state index in [1.54, 1.807) is 17.1 Å². The predicted octanol–water partition coefficient (Wildman–Crippen LogP) is 1.58. The molecule has 0 aliphatic rings. The Morgan fingerprint density at radius 1 is 1.36 bits per heavy atom. The quantitative estimate of drug-likeness (QED) is 0.506. The van der Waals surface area contributed by atoms with Gasteiger partial charge in [-0.25, -0.2) is 0 Å². The fourth-order valence-electron chi connectivity index (χ4n) is 0.674. The van der Waals surface area contributed by atoms with Crippen molar-refractivity contribution in [2.24, 2.45) is 0 Å². The number of hydrogen-bond acceptors (Lipinski definition) is 1. The van der Waals surface area contributed by atoms with Gasteiger partial charge in [0, 0.05) is 13.1 Å². The van der Waals surface area contributed by atoms with Gasteiger partial charge < -0.3 is 4.90 Å². The summed E-state index contributed by atoms with van der Waals surface area (Å²) >= 11 is 3.10. The highest BCUT2D eigenvalue weighted by atomic mass is 79.9. The van der Waals surface area contributed by atoms with Crippen LogP contribution in [0.2, 0.25) is 0 Å². The average Bonchev–Trinajstić information content (AvgIpc) is 2.03. The topological polar surface area (TPSA) is 20.3 Å². The molecule has 3 heteroatoms. The normalized spacial score (nSPS) is 8.82. The van der Waals surface area contributed by atoms with Gasteiger partial charge in [-0.15, -0.1) is 13.2 Å². The molecule has 0 saturated heterocycles. The molecule has 1 amide bonds. The molecule has 0 unspecified atom stereocenters. The summed E-state index contributed by atoms with van der Waals surface area (Å²) in [5.74, 6) is 0.0600. The van der Waals surface area contributed by atoms with Crippen LogP contribution in [0.3, 0.4) is 0 Å². The minimum absolute atomic E-state index is 0.0600. The molecule has 0 rings (SSSR count). The Bertz CT molecular complexity index is 146. The molecule has 0 aliphatic carbocycles. The lowest BCUT2D eigenvalue weighted by molar-refractivity contribution is -0.127. The van der Waals surface area contributed by atoms with Crippen LogP contribution in [-0.2, 0) is 4.79 Å². The molecular formula is C8H12BrNO. The molecule has 62 valence electrons. The summed E-state index contributed by atoms with van der Waals surface area (Å²) in [4.78, 5) is 12.7. The highest BCUT2D eigenvalue weighted by molar-refractivity contribution is 9.09. The van der Waals surface area contributed by atoms with Crippen molar-refractivity contribution in [2.45, 2.75) is 0 Å². The van der Waals surface area contributed by atoms with Gasteiger partial charge in [0.25, 0.3) is 0 Å². The van der Waals surface area contributed by atoms with Crippen LogP contribution in [0.1, 0.15) is 0 Å². The molecule has 0 aromatic rings. The lowest BCUT2D eigenvalue weighted by atomic mass is 10.4. The Hall–Kier alpha value is -0.570. The molecule has 0 bridgehead atoms. The van der Waals surface area contributed by atoms with Crippen LogP contribution in [0.5, 0.6) is 0 Å². The maximum absolute atomic E-state index is 11.1. The molecule has 11 heavy (non-hydrogen) atoms. The van der Waals surface area contributed by atoms with Gasteiger partial charge in [0.05, 0.1) is 5.33 Å². The number of halogens is 1. The maximum Gasteiger partial charge on any atom is 0.233 e. The van der Waals surface area contributed by atoms with Crippen LogP contribution < -0.4 is 0 Å². The van der Waals surface area contributed by atoms with Gasteiger partial charge in [0.15, 0.2) is 0 Å². The summed E-state index contributed by atoms with van der Waals surface area (Å²) in [6.07, 6.45) is 3.40. The van der Waals surface area contributed by atoms with Crippen molar-refractivity contribution in [1.82, 2.24) is 4.90 Å². The Labute approximate surface area is 75.7 Å². The largest absolute Gasteiger partial charge is 0.335 e. The van der Waals surface area contributed by atoms with E-state index in [1.807, 2.05) is 0 Å². The SMILES string of the molecule is C=CCN(CC=C)C(=O)CBr. The highest BCUT2D eigenvalue weighted by Crippen LogP contribution is 1.93. The van der Waals surface area contributed by atoms with Crippen LogP contribution >= 0.6 is 15.9 Å². The summed E-state index contributed by atoms with van der Waals surface area (Å²) in [7, 11) is 0. The molecule has 0 saturated carbocycles. The van der Waals surface area contributed by atoms with E-state index in [9.17, 15) is 4.79 Å². The number of amides is 1. The Morgan fingerprint density at radius 3 is 2.09 bits per heavy atom. The van der Waals surface area contributed by atoms with Crippen molar-refractivity contribution in [1.29, 1.82) is 0 Å². The minimum Gasteiger partial charge on any atom is -0.335 e. The molecular weight excluding hydrogens is 206 g/mol. The second-order valence-electron chi connectivity index (χ2n) is 2.01. The minimum atomic E-state index is 0.0600. The Morgan fingerprint density at radius 2 is 1.82 bits per heavy atom. The standard InChI is InChI=1S/C8H12BrNO/c1-3-5-10(6-4-2)8(11)7-9/h3-4H,1-2,5-7H2. The average molecular weight is 218 g/mol. The van der Waals surface area contributed by atoms with Crippen molar-refractivity contribution < 1.29 is 4.79 Å². The molecule has 0 heterocycles. The van der Waals surface area contributed by atoms with Gasteiger partial charge in [0.2, 0.25) is 5.91 Å². The number of nitrogens with zero attached hydrogens (tertiary/aromatic N) is 1. The highest BCUT2D eigenvalue weighted by Gasteiger charge is 2.06. The summed E-state index contributed by atoms with van der Waals surface area (Å²) in [5.41, 5.74) is 0. The lowest BCUT2D eigenvalue weighted by Gasteiger charge is -2.17. The summed E-state index contributed by atoms with van der Waals surface area (Å²) in [6, 6.07) is 0.